The van der Waals surface area contributed by atoms with Crippen molar-refractivity contribution in [1.29, 1.82) is 0 Å². The van der Waals surface area contributed by atoms with Gasteiger partial charge < -0.3 is 10.2 Å². The molecule has 1 aliphatic rings. The molecular weight excluding hydrogens is 196 g/mol. The fourth-order valence-corrected chi connectivity index (χ4v) is 2.52. The Hall–Kier alpha value is -0.340. The molecule has 0 saturated carbocycles. The van der Waals surface area contributed by atoms with Crippen LogP contribution in [0.4, 0.5) is 0 Å². The molecule has 0 aromatic carbocycles. The molecule has 0 spiro atoms. The minimum Gasteiger partial charge on any atom is -0.311 e. The zero-order valence-corrected chi connectivity index (χ0v) is 11.2. The van der Waals surface area contributed by atoms with Gasteiger partial charge in [0, 0.05) is 18.1 Å². The average Bonchev–Trinajstić information content (AvgIpc) is 2.43. The average molecular weight is 224 g/mol. The molecule has 0 aliphatic carbocycles. The Morgan fingerprint density at radius 2 is 2.06 bits per heavy atom. The SMILES string of the molecule is C=CCC(C)NC1CCCN(C(C)C)CC1. The highest BCUT2D eigenvalue weighted by Crippen LogP contribution is 2.14. The van der Waals surface area contributed by atoms with Crippen molar-refractivity contribution >= 4 is 0 Å². The standard InChI is InChI=1S/C14H28N2/c1-5-7-13(4)15-14-8-6-10-16(11-9-14)12(2)3/h5,12-15H,1,6-11H2,2-4H3. The molecule has 1 heterocycles. The quantitative estimate of drug-likeness (QED) is 0.722. The molecule has 2 nitrogen and oxygen atoms in total. The van der Waals surface area contributed by atoms with E-state index in [1.165, 1.54) is 32.4 Å². The summed E-state index contributed by atoms with van der Waals surface area (Å²) in [5, 5.41) is 3.72. The van der Waals surface area contributed by atoms with Gasteiger partial charge in [-0.15, -0.1) is 6.58 Å². The number of nitrogens with one attached hydrogen (secondary N) is 1. The van der Waals surface area contributed by atoms with Gasteiger partial charge in [-0.2, -0.15) is 0 Å². The lowest BCUT2D eigenvalue weighted by Crippen LogP contribution is -2.37. The van der Waals surface area contributed by atoms with Gasteiger partial charge in [0.2, 0.25) is 0 Å². The van der Waals surface area contributed by atoms with E-state index in [4.69, 9.17) is 0 Å². The van der Waals surface area contributed by atoms with Crippen LogP contribution in [0.25, 0.3) is 0 Å². The Kier molecular flexibility index (Phi) is 6.07. The van der Waals surface area contributed by atoms with Crippen LogP contribution >= 0.6 is 0 Å². The summed E-state index contributed by atoms with van der Waals surface area (Å²) in [5.74, 6) is 0. The van der Waals surface area contributed by atoms with Crippen molar-refractivity contribution in [2.75, 3.05) is 13.1 Å². The first-order valence-electron chi connectivity index (χ1n) is 6.74. The largest absolute Gasteiger partial charge is 0.311 e. The third kappa shape index (κ3) is 4.67. The van der Waals surface area contributed by atoms with Gasteiger partial charge >= 0.3 is 0 Å². The molecule has 16 heavy (non-hydrogen) atoms. The molecule has 2 unspecified atom stereocenters. The van der Waals surface area contributed by atoms with Crippen molar-refractivity contribution in [2.45, 2.75) is 64.6 Å². The van der Waals surface area contributed by atoms with Crippen molar-refractivity contribution in [3.63, 3.8) is 0 Å². The van der Waals surface area contributed by atoms with Gasteiger partial charge in [-0.1, -0.05) is 6.08 Å². The molecule has 0 amide bonds. The van der Waals surface area contributed by atoms with Crippen molar-refractivity contribution in [2.24, 2.45) is 0 Å². The number of hydrogen-bond acceptors (Lipinski definition) is 2. The summed E-state index contributed by atoms with van der Waals surface area (Å²) in [6.45, 7) is 13.2. The lowest BCUT2D eigenvalue weighted by Gasteiger charge is -2.25. The number of hydrogen-bond donors (Lipinski definition) is 1. The zero-order valence-electron chi connectivity index (χ0n) is 11.2. The lowest BCUT2D eigenvalue weighted by atomic mass is 10.1. The maximum absolute atomic E-state index is 3.80. The van der Waals surface area contributed by atoms with Crippen LogP contribution in [0.3, 0.4) is 0 Å². The highest BCUT2D eigenvalue weighted by molar-refractivity contribution is 4.81. The van der Waals surface area contributed by atoms with Crippen molar-refractivity contribution in [3.8, 4) is 0 Å². The normalized spacial score (nSPS) is 25.4. The molecular formula is C14H28N2. The highest BCUT2D eigenvalue weighted by atomic mass is 15.1. The summed E-state index contributed by atoms with van der Waals surface area (Å²) in [4.78, 5) is 2.60. The first-order valence-corrected chi connectivity index (χ1v) is 6.74. The smallest absolute Gasteiger partial charge is 0.00823 e. The molecule has 94 valence electrons. The Morgan fingerprint density at radius 3 is 2.69 bits per heavy atom. The van der Waals surface area contributed by atoms with Crippen LogP contribution in [0.2, 0.25) is 0 Å². The van der Waals surface area contributed by atoms with Gasteiger partial charge in [0.05, 0.1) is 0 Å². The van der Waals surface area contributed by atoms with E-state index in [1.54, 1.807) is 0 Å². The van der Waals surface area contributed by atoms with E-state index >= 15 is 0 Å². The van der Waals surface area contributed by atoms with Crippen LogP contribution in [0.15, 0.2) is 12.7 Å². The second kappa shape index (κ2) is 7.08. The Morgan fingerprint density at radius 1 is 1.31 bits per heavy atom. The van der Waals surface area contributed by atoms with Crippen molar-refractivity contribution < 1.29 is 0 Å². The predicted molar refractivity (Wildman–Crippen MR) is 71.8 cm³/mol. The summed E-state index contributed by atoms with van der Waals surface area (Å²) >= 11 is 0. The molecule has 2 heteroatoms. The Labute approximate surface area is 101 Å². The van der Waals surface area contributed by atoms with E-state index in [1.807, 2.05) is 6.08 Å². The van der Waals surface area contributed by atoms with Crippen LogP contribution in [-0.4, -0.2) is 36.1 Å². The molecule has 1 aliphatic heterocycles. The fourth-order valence-electron chi connectivity index (χ4n) is 2.52. The summed E-state index contributed by atoms with van der Waals surface area (Å²) in [7, 11) is 0. The fraction of sp³-hybridized carbons (Fsp3) is 0.857. The lowest BCUT2D eigenvalue weighted by molar-refractivity contribution is 0.228. The summed E-state index contributed by atoms with van der Waals surface area (Å²) in [5.41, 5.74) is 0. The van der Waals surface area contributed by atoms with E-state index in [0.717, 1.165) is 6.42 Å². The molecule has 0 radical (unpaired) electrons. The zero-order chi connectivity index (χ0) is 12.0. The third-order valence-electron chi connectivity index (χ3n) is 3.53. The topological polar surface area (TPSA) is 15.3 Å². The molecule has 0 aromatic rings. The predicted octanol–water partition coefficient (Wildman–Crippen LogP) is 2.80. The molecule has 2 atom stereocenters. The molecule has 0 bridgehead atoms. The Balaban J connectivity index is 2.32. The number of rotatable bonds is 5. The maximum Gasteiger partial charge on any atom is 0.00823 e. The third-order valence-corrected chi connectivity index (χ3v) is 3.53. The van der Waals surface area contributed by atoms with Crippen LogP contribution in [-0.2, 0) is 0 Å². The second-order valence-electron chi connectivity index (χ2n) is 5.35. The molecule has 1 saturated heterocycles. The minimum absolute atomic E-state index is 0.577. The van der Waals surface area contributed by atoms with E-state index in [-0.39, 0.29) is 0 Å². The van der Waals surface area contributed by atoms with Crippen molar-refractivity contribution in [3.05, 3.63) is 12.7 Å². The van der Waals surface area contributed by atoms with Gasteiger partial charge in [-0.3, -0.25) is 0 Å². The summed E-state index contributed by atoms with van der Waals surface area (Å²) in [6.07, 6.45) is 7.03. The first kappa shape index (κ1) is 13.7. The van der Waals surface area contributed by atoms with Gasteiger partial charge in [-0.25, -0.2) is 0 Å². The highest BCUT2D eigenvalue weighted by Gasteiger charge is 2.19. The van der Waals surface area contributed by atoms with Crippen LogP contribution in [0.1, 0.15) is 46.5 Å². The van der Waals surface area contributed by atoms with Crippen LogP contribution in [0, 0.1) is 0 Å². The van der Waals surface area contributed by atoms with E-state index in [0.29, 0.717) is 18.1 Å². The minimum atomic E-state index is 0.577. The van der Waals surface area contributed by atoms with Gasteiger partial charge in [0.25, 0.3) is 0 Å². The van der Waals surface area contributed by atoms with E-state index in [9.17, 15) is 0 Å². The van der Waals surface area contributed by atoms with Crippen molar-refractivity contribution in [1.82, 2.24) is 10.2 Å². The van der Waals surface area contributed by atoms with E-state index in [2.05, 4.69) is 37.6 Å². The molecule has 1 fully saturated rings. The molecule has 1 N–H and O–H groups in total. The van der Waals surface area contributed by atoms with Crippen LogP contribution < -0.4 is 5.32 Å². The maximum atomic E-state index is 3.80. The monoisotopic (exact) mass is 224 g/mol. The second-order valence-corrected chi connectivity index (χ2v) is 5.35. The Bertz CT molecular complexity index is 201. The summed E-state index contributed by atoms with van der Waals surface area (Å²) < 4.78 is 0. The van der Waals surface area contributed by atoms with Gasteiger partial charge in [-0.05, 0) is 59.5 Å². The van der Waals surface area contributed by atoms with Crippen LogP contribution in [0.5, 0.6) is 0 Å². The first-order chi connectivity index (χ1) is 7.63. The van der Waals surface area contributed by atoms with Gasteiger partial charge in [0.15, 0.2) is 0 Å². The summed E-state index contributed by atoms with van der Waals surface area (Å²) in [6, 6.07) is 1.98. The molecule has 0 aromatic heterocycles. The molecule has 1 rings (SSSR count). The number of likely N-dealkylation sites (tertiary alicyclic amines) is 1. The number of nitrogens with zero attached hydrogens (tertiary/aromatic N) is 1. The van der Waals surface area contributed by atoms with E-state index < -0.39 is 0 Å². The van der Waals surface area contributed by atoms with Gasteiger partial charge in [0.1, 0.15) is 0 Å².